The van der Waals surface area contributed by atoms with E-state index in [0.717, 1.165) is 0 Å². The lowest BCUT2D eigenvalue weighted by Crippen LogP contribution is -1.88. The lowest BCUT2D eigenvalue weighted by molar-refractivity contribution is 0.586. The van der Waals surface area contributed by atoms with Gasteiger partial charge in [0.2, 0.25) is 0 Å². The van der Waals surface area contributed by atoms with E-state index in [0.29, 0.717) is 0 Å². The van der Waals surface area contributed by atoms with Gasteiger partial charge in [-0.3, -0.25) is 0 Å². The second-order valence-electron chi connectivity index (χ2n) is 4.78. The maximum absolute atomic E-state index is 2.28. The van der Waals surface area contributed by atoms with E-state index < -0.39 is 0 Å². The van der Waals surface area contributed by atoms with Crippen molar-refractivity contribution >= 4 is 21.8 Å². The lowest BCUT2D eigenvalue weighted by Gasteiger charge is -2.02. The Balaban J connectivity index is 1.82. The Bertz CT molecular complexity index is 272. The summed E-state index contributed by atoms with van der Waals surface area (Å²) in [6, 6.07) is 10.8. The van der Waals surface area contributed by atoms with Crippen LogP contribution in [0.2, 0.25) is 0 Å². The zero-order chi connectivity index (χ0) is 12.9. The number of benzene rings is 1. The lowest BCUT2D eigenvalue weighted by atomic mass is 10.1. The average Bonchev–Trinajstić information content (AvgIpc) is 2.42. The number of hydrogen-bond donors (Lipinski definition) is 0. The van der Waals surface area contributed by atoms with Crippen molar-refractivity contribution in [3.05, 3.63) is 30.3 Å². The molecule has 0 nitrogen and oxygen atoms in total. The summed E-state index contributed by atoms with van der Waals surface area (Å²) in [5.74, 6) is 0. The van der Waals surface area contributed by atoms with Crippen molar-refractivity contribution in [1.82, 2.24) is 0 Å². The largest absolute Gasteiger partial charge is 0.0654 e. The molecule has 0 unspecified atom stereocenters. The third-order valence-corrected chi connectivity index (χ3v) is 5.96. The van der Waals surface area contributed by atoms with Crippen LogP contribution in [-0.4, -0.2) is 6.16 Å². The molecule has 1 rings (SSSR count). The molecule has 100 valence electrons. The first-order chi connectivity index (χ1) is 8.93. The molecule has 0 aromatic heterocycles. The minimum Gasteiger partial charge on any atom is -0.0654 e. The first-order valence-electron chi connectivity index (χ1n) is 7.36. The van der Waals surface area contributed by atoms with Gasteiger partial charge in [0, 0.05) is 0 Å². The molecule has 0 aliphatic rings. The van der Waals surface area contributed by atoms with Crippen LogP contribution in [-0.2, 0) is 0 Å². The highest BCUT2D eigenvalue weighted by Crippen LogP contribution is 2.36. The van der Waals surface area contributed by atoms with Gasteiger partial charge in [0.25, 0.3) is 0 Å². The third kappa shape index (κ3) is 9.07. The molecule has 2 radical (unpaired) electrons. The predicted octanol–water partition coefficient (Wildman–Crippen LogP) is 6.26. The molecule has 0 bridgehead atoms. The quantitative estimate of drug-likeness (QED) is 0.331. The Morgan fingerprint density at radius 3 is 2.06 bits per heavy atom. The van der Waals surface area contributed by atoms with Crippen LogP contribution >= 0.6 is 16.5 Å². The third-order valence-electron chi connectivity index (χ3n) is 3.05. The van der Waals surface area contributed by atoms with E-state index in [9.17, 15) is 0 Å². The second-order valence-corrected chi connectivity index (χ2v) is 7.67. The minimum atomic E-state index is 1.36. The molecule has 1 aromatic carbocycles. The van der Waals surface area contributed by atoms with Crippen molar-refractivity contribution in [3.8, 4) is 0 Å². The summed E-state index contributed by atoms with van der Waals surface area (Å²) in [7, 11) is 3.05. The fourth-order valence-corrected chi connectivity index (χ4v) is 4.49. The smallest absolute Gasteiger partial charge is 0.0109 e. The van der Waals surface area contributed by atoms with E-state index in [2.05, 4.69) is 37.3 Å². The molecule has 18 heavy (non-hydrogen) atoms. The standard InChI is InChI=1S/C16H26P2/c1-2-3-4-5-6-7-8-12-15-17-18-16-13-10-9-11-14-16/h9-11,13-14H,2-8,12,15H2,1H3. The van der Waals surface area contributed by atoms with Crippen LogP contribution in [0.4, 0.5) is 0 Å². The van der Waals surface area contributed by atoms with E-state index in [1.165, 1.54) is 71.1 Å². The van der Waals surface area contributed by atoms with Gasteiger partial charge < -0.3 is 0 Å². The highest BCUT2D eigenvalue weighted by Gasteiger charge is 1.95. The average molecular weight is 280 g/mol. The summed E-state index contributed by atoms with van der Waals surface area (Å²) < 4.78 is 0. The van der Waals surface area contributed by atoms with Gasteiger partial charge in [-0.15, -0.1) is 0 Å². The predicted molar refractivity (Wildman–Crippen MR) is 87.4 cm³/mol. The maximum atomic E-state index is 2.28. The molecule has 0 amide bonds. The minimum absolute atomic E-state index is 1.36. The molecule has 0 aliphatic carbocycles. The van der Waals surface area contributed by atoms with Crippen LogP contribution in [0.5, 0.6) is 0 Å². The Labute approximate surface area is 117 Å². The summed E-state index contributed by atoms with van der Waals surface area (Å²) in [6.07, 6.45) is 12.8. The summed E-state index contributed by atoms with van der Waals surface area (Å²) in [5.41, 5.74) is 0. The van der Waals surface area contributed by atoms with Gasteiger partial charge in [-0.25, -0.2) is 0 Å². The maximum Gasteiger partial charge on any atom is -0.0109 e. The highest BCUT2D eigenvalue weighted by atomic mass is 32.0. The van der Waals surface area contributed by atoms with Crippen molar-refractivity contribution in [1.29, 1.82) is 0 Å². The number of unbranched alkanes of at least 4 members (excludes halogenated alkanes) is 7. The molecule has 0 saturated carbocycles. The number of rotatable bonds is 11. The molecule has 2 heteroatoms. The summed E-state index contributed by atoms with van der Waals surface area (Å²) in [5, 5.41) is 1.46. The van der Waals surface area contributed by atoms with E-state index in [1.807, 2.05) is 0 Å². The van der Waals surface area contributed by atoms with Crippen LogP contribution in [0.3, 0.4) is 0 Å². The first-order valence-corrected chi connectivity index (χ1v) is 10.0. The fourth-order valence-electron chi connectivity index (χ4n) is 1.94. The van der Waals surface area contributed by atoms with Gasteiger partial charge in [-0.1, -0.05) is 82.2 Å². The van der Waals surface area contributed by atoms with E-state index in [1.54, 1.807) is 8.27 Å². The van der Waals surface area contributed by atoms with Crippen LogP contribution in [0.15, 0.2) is 30.3 Å². The molecule has 1 aromatic rings. The molecule has 0 spiro atoms. The fraction of sp³-hybridized carbons (Fsp3) is 0.625. The van der Waals surface area contributed by atoms with Crippen molar-refractivity contribution in [2.24, 2.45) is 0 Å². The van der Waals surface area contributed by atoms with Crippen LogP contribution < -0.4 is 5.30 Å². The van der Waals surface area contributed by atoms with E-state index in [4.69, 9.17) is 0 Å². The van der Waals surface area contributed by atoms with Gasteiger partial charge in [-0.05, 0) is 34.4 Å². The zero-order valence-corrected chi connectivity index (χ0v) is 13.4. The van der Waals surface area contributed by atoms with Crippen LogP contribution in [0, 0.1) is 0 Å². The summed E-state index contributed by atoms with van der Waals surface area (Å²) in [6.45, 7) is 2.28. The van der Waals surface area contributed by atoms with Crippen molar-refractivity contribution in [2.75, 3.05) is 6.16 Å². The monoisotopic (exact) mass is 280 g/mol. The molecule has 0 fully saturated rings. The molecule has 0 N–H and O–H groups in total. The molecule has 0 atom stereocenters. The van der Waals surface area contributed by atoms with Crippen molar-refractivity contribution in [3.63, 3.8) is 0 Å². The van der Waals surface area contributed by atoms with E-state index >= 15 is 0 Å². The second kappa shape index (κ2) is 12.1. The molecule has 0 aliphatic heterocycles. The number of hydrogen-bond acceptors (Lipinski definition) is 0. The highest BCUT2D eigenvalue weighted by molar-refractivity contribution is 8.15. The van der Waals surface area contributed by atoms with Gasteiger partial charge >= 0.3 is 0 Å². The van der Waals surface area contributed by atoms with Crippen molar-refractivity contribution in [2.45, 2.75) is 58.3 Å². The van der Waals surface area contributed by atoms with Gasteiger partial charge in [0.15, 0.2) is 0 Å². The van der Waals surface area contributed by atoms with Gasteiger partial charge in [-0.2, -0.15) is 0 Å². The molecule has 0 saturated heterocycles. The summed E-state index contributed by atoms with van der Waals surface area (Å²) >= 11 is 0. The summed E-state index contributed by atoms with van der Waals surface area (Å²) in [4.78, 5) is 0. The first kappa shape index (κ1) is 16.1. The molecular formula is C16H26P2. The van der Waals surface area contributed by atoms with Crippen LogP contribution in [0.25, 0.3) is 0 Å². The van der Waals surface area contributed by atoms with Gasteiger partial charge in [0.05, 0.1) is 0 Å². The topological polar surface area (TPSA) is 0 Å². The molecular weight excluding hydrogens is 254 g/mol. The Hall–Kier alpha value is 0.0800. The normalized spacial score (nSPS) is 12.1. The Morgan fingerprint density at radius 1 is 0.778 bits per heavy atom. The zero-order valence-electron chi connectivity index (χ0n) is 11.6. The van der Waals surface area contributed by atoms with Crippen molar-refractivity contribution < 1.29 is 0 Å². The Morgan fingerprint density at radius 2 is 1.39 bits per heavy atom. The van der Waals surface area contributed by atoms with Gasteiger partial charge in [0.1, 0.15) is 0 Å². The molecule has 0 heterocycles. The van der Waals surface area contributed by atoms with E-state index in [-0.39, 0.29) is 0 Å². The van der Waals surface area contributed by atoms with Crippen LogP contribution in [0.1, 0.15) is 58.3 Å². The Kier molecular flexibility index (Phi) is 10.9. The SMILES string of the molecule is CCCCCCCCCC[P][P]c1ccccc1.